The van der Waals surface area contributed by atoms with Crippen LogP contribution in [0.5, 0.6) is 0 Å². The number of rotatable bonds is 4. The Bertz CT molecular complexity index is 893. The maximum atomic E-state index is 14.0. The van der Waals surface area contributed by atoms with Gasteiger partial charge in [0, 0.05) is 23.2 Å². The summed E-state index contributed by atoms with van der Waals surface area (Å²) in [7, 11) is 1.75. The van der Waals surface area contributed by atoms with Gasteiger partial charge in [-0.05, 0) is 32.0 Å². The fourth-order valence-corrected chi connectivity index (χ4v) is 3.02. The van der Waals surface area contributed by atoms with Gasteiger partial charge >= 0.3 is 0 Å². The van der Waals surface area contributed by atoms with Gasteiger partial charge in [-0.2, -0.15) is 0 Å². The van der Waals surface area contributed by atoms with Crippen LogP contribution in [0.25, 0.3) is 0 Å². The highest BCUT2D eigenvalue weighted by atomic mass is 32.1. The van der Waals surface area contributed by atoms with Crippen LogP contribution >= 0.6 is 11.3 Å². The van der Waals surface area contributed by atoms with Crippen LogP contribution in [0.3, 0.4) is 0 Å². The molecule has 0 saturated carbocycles. The standard InChI is InChI=1S/C17H16FN5OS/c1-10-11(2)25-17(21-10)22-16(24)12-4-13(18)6-14(5-12)23(3)15-7-19-9-20-8-15/h4-9H,1-3H3,(H,21,22,24). The first kappa shape index (κ1) is 17.0. The minimum absolute atomic E-state index is 0.212. The highest BCUT2D eigenvalue weighted by Gasteiger charge is 2.14. The summed E-state index contributed by atoms with van der Waals surface area (Å²) in [6, 6.07) is 4.15. The predicted octanol–water partition coefficient (Wildman–Crippen LogP) is 3.71. The molecule has 0 radical (unpaired) electrons. The van der Waals surface area contributed by atoms with Gasteiger partial charge in [-0.3, -0.25) is 10.1 Å². The number of carbonyl (C=O) groups is 1. The van der Waals surface area contributed by atoms with E-state index in [-0.39, 0.29) is 5.56 Å². The zero-order valence-electron chi connectivity index (χ0n) is 13.9. The Morgan fingerprint density at radius 2 is 1.88 bits per heavy atom. The van der Waals surface area contributed by atoms with Crippen molar-refractivity contribution in [2.24, 2.45) is 0 Å². The molecule has 0 bridgehead atoms. The molecule has 128 valence electrons. The molecular weight excluding hydrogens is 341 g/mol. The summed E-state index contributed by atoms with van der Waals surface area (Å²) in [4.78, 5) is 27.3. The fourth-order valence-electron chi connectivity index (χ4n) is 2.21. The molecule has 1 amide bonds. The van der Waals surface area contributed by atoms with E-state index in [1.807, 2.05) is 13.8 Å². The molecule has 0 saturated heterocycles. The second kappa shape index (κ2) is 6.94. The number of aromatic nitrogens is 3. The monoisotopic (exact) mass is 357 g/mol. The van der Waals surface area contributed by atoms with Crippen molar-refractivity contribution < 1.29 is 9.18 Å². The average Bonchev–Trinajstić information content (AvgIpc) is 2.91. The number of nitrogens with zero attached hydrogens (tertiary/aromatic N) is 4. The van der Waals surface area contributed by atoms with E-state index in [0.29, 0.717) is 16.5 Å². The Morgan fingerprint density at radius 3 is 2.52 bits per heavy atom. The minimum Gasteiger partial charge on any atom is -0.342 e. The van der Waals surface area contributed by atoms with Gasteiger partial charge in [-0.1, -0.05) is 0 Å². The topological polar surface area (TPSA) is 71.0 Å². The number of halogens is 1. The van der Waals surface area contributed by atoms with Gasteiger partial charge in [-0.15, -0.1) is 11.3 Å². The van der Waals surface area contributed by atoms with Crippen LogP contribution in [0.15, 0.2) is 36.9 Å². The maximum Gasteiger partial charge on any atom is 0.257 e. The molecule has 3 rings (SSSR count). The first-order chi connectivity index (χ1) is 11.9. The largest absolute Gasteiger partial charge is 0.342 e. The number of thiazole rings is 1. The lowest BCUT2D eigenvalue weighted by Gasteiger charge is -2.19. The van der Waals surface area contributed by atoms with E-state index in [4.69, 9.17) is 0 Å². The summed E-state index contributed by atoms with van der Waals surface area (Å²) in [5.41, 5.74) is 2.28. The third kappa shape index (κ3) is 3.80. The first-order valence-electron chi connectivity index (χ1n) is 7.49. The SMILES string of the molecule is Cc1nc(NC(=O)c2cc(F)cc(N(C)c3cncnc3)c2)sc1C. The highest BCUT2D eigenvalue weighted by molar-refractivity contribution is 7.15. The Hall–Kier alpha value is -2.87. The van der Waals surface area contributed by atoms with Crippen LogP contribution in [0.2, 0.25) is 0 Å². The number of anilines is 3. The summed E-state index contributed by atoms with van der Waals surface area (Å²) in [6.07, 6.45) is 4.64. The summed E-state index contributed by atoms with van der Waals surface area (Å²) < 4.78 is 14.0. The molecule has 0 atom stereocenters. The molecular formula is C17H16FN5OS. The molecule has 0 aliphatic carbocycles. The number of hydrogen-bond donors (Lipinski definition) is 1. The quantitative estimate of drug-likeness (QED) is 0.771. The predicted molar refractivity (Wildman–Crippen MR) is 96.0 cm³/mol. The molecule has 0 unspecified atom stereocenters. The number of hydrogen-bond acceptors (Lipinski definition) is 6. The zero-order chi connectivity index (χ0) is 18.0. The Kier molecular flexibility index (Phi) is 4.71. The van der Waals surface area contributed by atoms with Crippen LogP contribution < -0.4 is 10.2 Å². The van der Waals surface area contributed by atoms with Crippen molar-refractivity contribution in [3.63, 3.8) is 0 Å². The lowest BCUT2D eigenvalue weighted by Crippen LogP contribution is -2.15. The Balaban J connectivity index is 1.87. The molecule has 2 heterocycles. The fraction of sp³-hybridized carbons (Fsp3) is 0.176. The highest BCUT2D eigenvalue weighted by Crippen LogP contribution is 2.26. The van der Waals surface area contributed by atoms with Crippen LogP contribution in [-0.4, -0.2) is 27.9 Å². The molecule has 8 heteroatoms. The van der Waals surface area contributed by atoms with Gasteiger partial charge in [-0.25, -0.2) is 19.3 Å². The normalized spacial score (nSPS) is 10.6. The maximum absolute atomic E-state index is 14.0. The Morgan fingerprint density at radius 1 is 1.16 bits per heavy atom. The second-order valence-electron chi connectivity index (χ2n) is 5.47. The van der Waals surface area contributed by atoms with Crippen molar-refractivity contribution in [2.75, 3.05) is 17.3 Å². The summed E-state index contributed by atoms with van der Waals surface area (Å²) in [5.74, 6) is -0.912. The third-order valence-electron chi connectivity index (χ3n) is 3.72. The van der Waals surface area contributed by atoms with Gasteiger partial charge in [0.2, 0.25) is 0 Å². The van der Waals surface area contributed by atoms with Gasteiger partial charge in [0.05, 0.1) is 23.8 Å². The van der Waals surface area contributed by atoms with Crippen molar-refractivity contribution in [1.29, 1.82) is 0 Å². The molecule has 0 aliphatic rings. The lowest BCUT2D eigenvalue weighted by molar-refractivity contribution is 0.102. The molecule has 2 aromatic heterocycles. The van der Waals surface area contributed by atoms with E-state index >= 15 is 0 Å². The second-order valence-corrected chi connectivity index (χ2v) is 6.67. The minimum atomic E-state index is -0.502. The molecule has 3 aromatic rings. The van der Waals surface area contributed by atoms with E-state index in [0.717, 1.165) is 10.6 Å². The van der Waals surface area contributed by atoms with Crippen molar-refractivity contribution in [3.8, 4) is 0 Å². The van der Waals surface area contributed by atoms with E-state index in [1.54, 1.807) is 30.4 Å². The van der Waals surface area contributed by atoms with Gasteiger partial charge in [0.25, 0.3) is 5.91 Å². The van der Waals surface area contributed by atoms with Gasteiger partial charge < -0.3 is 4.90 Å². The summed E-state index contributed by atoms with van der Waals surface area (Å²) in [6.45, 7) is 3.80. The molecule has 6 nitrogen and oxygen atoms in total. The van der Waals surface area contributed by atoms with Crippen molar-refractivity contribution in [2.45, 2.75) is 13.8 Å². The van der Waals surface area contributed by atoms with Crippen LogP contribution in [0, 0.1) is 19.7 Å². The van der Waals surface area contributed by atoms with Gasteiger partial charge in [0.15, 0.2) is 5.13 Å². The number of amides is 1. The van der Waals surface area contributed by atoms with Crippen LogP contribution in [0.1, 0.15) is 20.9 Å². The molecule has 0 aliphatic heterocycles. The van der Waals surface area contributed by atoms with E-state index in [1.165, 1.54) is 29.8 Å². The Labute approximate surface area is 148 Å². The average molecular weight is 357 g/mol. The first-order valence-corrected chi connectivity index (χ1v) is 8.30. The number of benzene rings is 1. The summed E-state index contributed by atoms with van der Waals surface area (Å²) >= 11 is 1.39. The zero-order valence-corrected chi connectivity index (χ0v) is 14.8. The number of aryl methyl sites for hydroxylation is 2. The lowest BCUT2D eigenvalue weighted by atomic mass is 10.1. The van der Waals surface area contributed by atoms with Crippen molar-refractivity contribution >= 4 is 33.8 Å². The molecule has 1 aromatic carbocycles. The van der Waals surface area contributed by atoms with Crippen LogP contribution in [-0.2, 0) is 0 Å². The number of nitrogens with one attached hydrogen (secondary N) is 1. The third-order valence-corrected chi connectivity index (χ3v) is 4.70. The molecule has 0 spiro atoms. The molecule has 0 fully saturated rings. The molecule has 1 N–H and O–H groups in total. The smallest absolute Gasteiger partial charge is 0.257 e. The summed E-state index contributed by atoms with van der Waals surface area (Å²) in [5, 5.41) is 3.21. The van der Waals surface area contributed by atoms with Crippen molar-refractivity contribution in [3.05, 3.63) is 58.9 Å². The van der Waals surface area contributed by atoms with Gasteiger partial charge in [0.1, 0.15) is 12.1 Å². The van der Waals surface area contributed by atoms with Crippen molar-refractivity contribution in [1.82, 2.24) is 15.0 Å². The van der Waals surface area contributed by atoms with Crippen LogP contribution in [0.4, 0.5) is 20.9 Å². The molecule has 25 heavy (non-hydrogen) atoms. The number of carbonyl (C=O) groups excluding carboxylic acids is 1. The van der Waals surface area contributed by atoms with E-state index < -0.39 is 11.7 Å². The van der Waals surface area contributed by atoms with E-state index in [2.05, 4.69) is 20.3 Å². The van der Waals surface area contributed by atoms with E-state index in [9.17, 15) is 9.18 Å².